The summed E-state index contributed by atoms with van der Waals surface area (Å²) in [5, 5.41) is 0.526. The van der Waals surface area contributed by atoms with Crippen molar-refractivity contribution in [2.45, 2.75) is 6.18 Å². The molecule has 0 aliphatic heterocycles. The van der Waals surface area contributed by atoms with E-state index in [9.17, 15) is 26.4 Å². The number of carbonyl (C=O) groups excluding carboxylic acids is 1. The number of aromatic nitrogens is 1. The molecule has 1 aromatic heterocycles. The molecule has 0 spiro atoms. The summed E-state index contributed by atoms with van der Waals surface area (Å²) < 4.78 is 67.5. The normalized spacial score (nSPS) is 12.1. The van der Waals surface area contributed by atoms with E-state index in [1.54, 1.807) is 36.4 Å². The minimum atomic E-state index is -4.53. The van der Waals surface area contributed by atoms with Gasteiger partial charge in [0.15, 0.2) is 0 Å². The fourth-order valence-corrected chi connectivity index (χ4v) is 4.30. The second-order valence-corrected chi connectivity index (χ2v) is 9.22. The van der Waals surface area contributed by atoms with Crippen LogP contribution in [0.4, 0.5) is 18.9 Å². The average molecular weight is 473 g/mol. The molecule has 3 aromatic carbocycles. The van der Waals surface area contributed by atoms with Crippen LogP contribution in [0.15, 0.2) is 72.8 Å². The van der Waals surface area contributed by atoms with Crippen LogP contribution < -0.4 is 10.5 Å². The highest BCUT2D eigenvalue weighted by Crippen LogP contribution is 2.38. The lowest BCUT2D eigenvalue weighted by molar-refractivity contribution is -0.137. The smallest absolute Gasteiger partial charge is 0.364 e. The van der Waals surface area contributed by atoms with Gasteiger partial charge in [0.1, 0.15) is 5.69 Å². The highest BCUT2D eigenvalue weighted by atomic mass is 32.2. The number of fused-ring (bicyclic) bond motifs is 1. The number of amides is 1. The number of hydrogen-bond donors (Lipinski definition) is 2. The summed E-state index contributed by atoms with van der Waals surface area (Å²) in [6.45, 7) is 0. The number of benzene rings is 3. The summed E-state index contributed by atoms with van der Waals surface area (Å²) in [5.74, 6) is -0.745. The molecule has 4 rings (SSSR count). The van der Waals surface area contributed by atoms with Crippen molar-refractivity contribution in [3.63, 3.8) is 0 Å². The largest absolute Gasteiger partial charge is 0.417 e. The van der Waals surface area contributed by atoms with E-state index >= 15 is 0 Å². The summed E-state index contributed by atoms with van der Waals surface area (Å²) in [7, 11) is -3.51. The van der Waals surface area contributed by atoms with Gasteiger partial charge in [0.2, 0.25) is 10.0 Å². The van der Waals surface area contributed by atoms with Crippen LogP contribution >= 0.6 is 0 Å². The van der Waals surface area contributed by atoms with Gasteiger partial charge in [-0.05, 0) is 53.6 Å². The number of primary amides is 1. The molecule has 0 radical (unpaired) electrons. The Hall–Kier alpha value is -3.79. The molecule has 0 saturated carbocycles. The zero-order valence-corrected chi connectivity index (χ0v) is 18.0. The molecular formula is C23H18F3N3O3S. The van der Waals surface area contributed by atoms with Crippen LogP contribution in [0.25, 0.3) is 27.7 Å². The van der Waals surface area contributed by atoms with Crippen LogP contribution in [0.1, 0.15) is 16.1 Å². The summed E-state index contributed by atoms with van der Waals surface area (Å²) in [5.41, 5.74) is 6.47. The van der Waals surface area contributed by atoms with E-state index in [2.05, 4.69) is 4.72 Å². The van der Waals surface area contributed by atoms with Gasteiger partial charge in [-0.25, -0.2) is 8.42 Å². The fourth-order valence-electron chi connectivity index (χ4n) is 3.75. The molecule has 170 valence electrons. The zero-order chi connectivity index (χ0) is 24.0. The van der Waals surface area contributed by atoms with Crippen LogP contribution in [-0.2, 0) is 16.2 Å². The topological polar surface area (TPSA) is 94.2 Å². The highest BCUT2D eigenvalue weighted by molar-refractivity contribution is 7.92. The number of halogens is 3. The Morgan fingerprint density at radius 2 is 1.70 bits per heavy atom. The minimum absolute atomic E-state index is 0.00331. The number of nitrogens with zero attached hydrogens (tertiary/aromatic N) is 1. The summed E-state index contributed by atoms with van der Waals surface area (Å²) in [4.78, 5) is 12.2. The first-order valence-corrected chi connectivity index (χ1v) is 11.5. The summed E-state index contributed by atoms with van der Waals surface area (Å²) in [6, 6.07) is 17.7. The van der Waals surface area contributed by atoms with Crippen molar-refractivity contribution in [2.24, 2.45) is 5.73 Å². The van der Waals surface area contributed by atoms with Gasteiger partial charge in [0.25, 0.3) is 5.91 Å². The van der Waals surface area contributed by atoms with Gasteiger partial charge in [-0.15, -0.1) is 0 Å². The van der Waals surface area contributed by atoms with Crippen molar-refractivity contribution < 1.29 is 26.4 Å². The SMILES string of the molecule is CS(=O)(=O)Nc1ccc2c(c1)cc(C(N)=O)n2-c1cccc(-c2ccccc2C(F)(F)F)c1. The van der Waals surface area contributed by atoms with E-state index in [0.29, 0.717) is 27.8 Å². The maximum Gasteiger partial charge on any atom is 0.417 e. The molecule has 1 amide bonds. The van der Waals surface area contributed by atoms with Crippen molar-refractivity contribution in [1.29, 1.82) is 0 Å². The second-order valence-electron chi connectivity index (χ2n) is 7.47. The summed E-state index contributed by atoms with van der Waals surface area (Å²) >= 11 is 0. The van der Waals surface area contributed by atoms with Gasteiger partial charge >= 0.3 is 6.18 Å². The molecule has 0 fully saturated rings. The Morgan fingerprint density at radius 3 is 2.36 bits per heavy atom. The molecular weight excluding hydrogens is 455 g/mol. The van der Waals surface area contributed by atoms with Gasteiger partial charge in [-0.3, -0.25) is 9.52 Å². The number of rotatable bonds is 5. The molecule has 10 heteroatoms. The minimum Gasteiger partial charge on any atom is -0.364 e. The van der Waals surface area contributed by atoms with Crippen LogP contribution in [0.3, 0.4) is 0 Å². The standard InChI is InChI=1S/C23H18F3N3O3S/c1-33(31,32)28-16-9-10-20-15(11-16)13-21(22(27)30)29(20)17-6-4-5-14(12-17)18-7-2-3-8-19(18)23(24,25)26/h2-13,28H,1H3,(H2,27,30). The predicted molar refractivity (Wildman–Crippen MR) is 121 cm³/mol. The average Bonchev–Trinajstić information content (AvgIpc) is 3.11. The Bertz CT molecular complexity index is 1490. The van der Waals surface area contributed by atoms with Crippen LogP contribution in [0, 0.1) is 0 Å². The molecule has 1 heterocycles. The van der Waals surface area contributed by atoms with Crippen molar-refractivity contribution in [3.05, 3.63) is 84.1 Å². The number of alkyl halides is 3. The third kappa shape index (κ3) is 4.56. The molecule has 4 aromatic rings. The van der Waals surface area contributed by atoms with Crippen molar-refractivity contribution in [2.75, 3.05) is 11.0 Å². The van der Waals surface area contributed by atoms with Crippen molar-refractivity contribution >= 4 is 32.5 Å². The van der Waals surface area contributed by atoms with E-state index in [-0.39, 0.29) is 11.3 Å². The van der Waals surface area contributed by atoms with Gasteiger partial charge < -0.3 is 10.3 Å². The molecule has 0 aliphatic carbocycles. The van der Waals surface area contributed by atoms with E-state index in [4.69, 9.17) is 5.73 Å². The van der Waals surface area contributed by atoms with E-state index in [1.165, 1.54) is 34.9 Å². The van der Waals surface area contributed by atoms with E-state index in [0.717, 1.165) is 12.3 Å². The Balaban J connectivity index is 1.90. The Morgan fingerprint density at radius 1 is 0.970 bits per heavy atom. The van der Waals surface area contributed by atoms with Gasteiger partial charge in [-0.1, -0.05) is 30.3 Å². The molecule has 0 bridgehead atoms. The third-order valence-electron chi connectivity index (χ3n) is 5.01. The monoisotopic (exact) mass is 473 g/mol. The molecule has 3 N–H and O–H groups in total. The number of sulfonamides is 1. The van der Waals surface area contributed by atoms with E-state index < -0.39 is 27.7 Å². The first-order chi connectivity index (χ1) is 15.4. The lowest BCUT2D eigenvalue weighted by atomic mass is 9.99. The molecule has 0 saturated heterocycles. The number of nitrogens with one attached hydrogen (secondary N) is 1. The molecule has 0 unspecified atom stereocenters. The van der Waals surface area contributed by atoms with E-state index in [1.807, 2.05) is 0 Å². The quantitative estimate of drug-likeness (QED) is 0.437. The predicted octanol–water partition coefficient (Wildman–Crippen LogP) is 4.79. The maximum absolute atomic E-state index is 13.5. The number of hydrogen-bond acceptors (Lipinski definition) is 3. The molecule has 0 aliphatic rings. The molecule has 33 heavy (non-hydrogen) atoms. The molecule has 6 nitrogen and oxygen atoms in total. The summed E-state index contributed by atoms with van der Waals surface area (Å²) in [6.07, 6.45) is -3.52. The Kier molecular flexibility index (Phi) is 5.41. The van der Waals surface area contributed by atoms with Crippen LogP contribution in [-0.4, -0.2) is 25.1 Å². The maximum atomic E-state index is 13.5. The zero-order valence-electron chi connectivity index (χ0n) is 17.2. The molecule has 0 atom stereocenters. The second kappa shape index (κ2) is 7.96. The highest BCUT2D eigenvalue weighted by Gasteiger charge is 2.33. The number of carbonyl (C=O) groups is 1. The number of anilines is 1. The van der Waals surface area contributed by atoms with Gasteiger partial charge in [0.05, 0.1) is 17.3 Å². The van der Waals surface area contributed by atoms with Crippen molar-refractivity contribution in [3.8, 4) is 16.8 Å². The van der Waals surface area contributed by atoms with Crippen molar-refractivity contribution in [1.82, 2.24) is 4.57 Å². The fraction of sp³-hybridized carbons (Fsp3) is 0.0870. The van der Waals surface area contributed by atoms with Gasteiger partial charge in [0, 0.05) is 16.8 Å². The van der Waals surface area contributed by atoms with Crippen LogP contribution in [0.2, 0.25) is 0 Å². The van der Waals surface area contributed by atoms with Crippen LogP contribution in [0.5, 0.6) is 0 Å². The Labute approximate surface area is 187 Å². The van der Waals surface area contributed by atoms with Gasteiger partial charge in [-0.2, -0.15) is 13.2 Å². The lowest BCUT2D eigenvalue weighted by Crippen LogP contribution is -2.16. The lowest BCUT2D eigenvalue weighted by Gasteiger charge is -2.15. The number of nitrogens with two attached hydrogens (primary N) is 1. The third-order valence-corrected chi connectivity index (χ3v) is 5.61. The first kappa shape index (κ1) is 22.4. The first-order valence-electron chi connectivity index (χ1n) is 9.64.